The molecule has 1 heterocycles. The van der Waals surface area contributed by atoms with Crippen LogP contribution in [0.5, 0.6) is 0 Å². The third-order valence-electron chi connectivity index (χ3n) is 14.3. The first kappa shape index (κ1) is 28.4. The highest BCUT2D eigenvalue weighted by Crippen LogP contribution is 2.89. The average Bonchev–Trinajstić information content (AvgIpc) is 3.45. The van der Waals surface area contributed by atoms with E-state index >= 15 is 0 Å². The molecule has 6 nitrogen and oxygen atoms in total. The zero-order chi connectivity index (χ0) is 28.6. The Hall–Kier alpha value is -0.690. The number of fused-ring (bicyclic) bond motifs is 4. The number of aliphatic hydroxyl groups excluding tert-OH is 2. The van der Waals surface area contributed by atoms with Crippen LogP contribution in [0.4, 0.5) is 0 Å². The van der Waals surface area contributed by atoms with Crippen molar-refractivity contribution in [3.63, 3.8) is 0 Å². The van der Waals surface area contributed by atoms with Crippen molar-refractivity contribution in [2.75, 3.05) is 13.1 Å². The lowest BCUT2D eigenvalue weighted by molar-refractivity contribution is -0.182. The maximum atomic E-state index is 12.4. The number of ether oxygens (including phenoxy) is 1. The first-order chi connectivity index (χ1) is 17.9. The number of carbonyl (C=O) groups is 1. The highest BCUT2D eigenvalue weighted by Gasteiger charge is 2.84. The summed E-state index contributed by atoms with van der Waals surface area (Å²) in [5.74, 6) is 1.72. The van der Waals surface area contributed by atoms with Crippen molar-refractivity contribution >= 4 is 5.91 Å². The van der Waals surface area contributed by atoms with Gasteiger partial charge in [-0.3, -0.25) is 4.79 Å². The van der Waals surface area contributed by atoms with E-state index in [1.807, 2.05) is 0 Å². The number of rotatable bonds is 4. The maximum Gasteiger partial charge on any atom is 0.219 e. The van der Waals surface area contributed by atoms with Gasteiger partial charge in [-0.2, -0.15) is 0 Å². The number of amides is 1. The predicted octanol–water partition coefficient (Wildman–Crippen LogP) is 4.78. The molecule has 0 radical (unpaired) electrons. The van der Waals surface area contributed by atoms with Crippen LogP contribution >= 0.6 is 0 Å². The fraction of sp³-hybridized carbons (Fsp3) is 0.970. The first-order valence-corrected chi connectivity index (χ1v) is 15.9. The summed E-state index contributed by atoms with van der Waals surface area (Å²) < 4.78 is 6.83. The molecule has 6 fully saturated rings. The SMILES string of the molecule is CC(=O)N(CC1C[C@@H](C)[C@H]2C(O1)[C@H](O)[C@@]1(C)C3CC[C@H]4C(C)(C)C(O)CCC45CC35CCC21C)CC(C)(C)O. The van der Waals surface area contributed by atoms with Crippen molar-refractivity contribution in [3.05, 3.63) is 0 Å². The quantitative estimate of drug-likeness (QED) is 0.473. The fourth-order valence-electron chi connectivity index (χ4n) is 12.5. The van der Waals surface area contributed by atoms with Crippen molar-refractivity contribution in [1.29, 1.82) is 0 Å². The number of carbonyl (C=O) groups excluding carboxylic acids is 1. The minimum absolute atomic E-state index is 0.0189. The van der Waals surface area contributed by atoms with Crippen LogP contribution in [-0.2, 0) is 9.53 Å². The van der Waals surface area contributed by atoms with Gasteiger partial charge in [0.15, 0.2) is 0 Å². The van der Waals surface area contributed by atoms with E-state index in [9.17, 15) is 20.1 Å². The Morgan fingerprint density at radius 2 is 1.64 bits per heavy atom. The van der Waals surface area contributed by atoms with Gasteiger partial charge in [-0.25, -0.2) is 0 Å². The van der Waals surface area contributed by atoms with Gasteiger partial charge in [0, 0.05) is 25.4 Å². The average molecular weight is 546 g/mol. The number of aliphatic hydroxyl groups is 3. The second-order valence-electron chi connectivity index (χ2n) is 16.9. The highest BCUT2D eigenvalue weighted by molar-refractivity contribution is 5.73. The van der Waals surface area contributed by atoms with E-state index in [4.69, 9.17) is 4.74 Å². The molecule has 1 aliphatic heterocycles. The molecular weight excluding hydrogens is 490 g/mol. The van der Waals surface area contributed by atoms with Gasteiger partial charge < -0.3 is 25.0 Å². The van der Waals surface area contributed by atoms with Crippen LogP contribution in [0.1, 0.15) is 107 Å². The Morgan fingerprint density at radius 1 is 1.00 bits per heavy atom. The lowest BCUT2D eigenvalue weighted by Crippen LogP contribution is -2.59. The van der Waals surface area contributed by atoms with E-state index in [0.29, 0.717) is 41.0 Å². The molecule has 2 spiro atoms. The molecule has 0 aromatic rings. The molecule has 6 rings (SSSR count). The molecule has 5 aliphatic carbocycles. The van der Waals surface area contributed by atoms with Crippen molar-refractivity contribution < 1.29 is 24.9 Å². The van der Waals surface area contributed by atoms with E-state index in [1.165, 1.54) is 12.8 Å². The Bertz CT molecular complexity index is 1020. The Labute approximate surface area is 236 Å². The van der Waals surface area contributed by atoms with Gasteiger partial charge in [-0.05, 0) is 111 Å². The minimum Gasteiger partial charge on any atom is -0.393 e. The van der Waals surface area contributed by atoms with Gasteiger partial charge in [0.05, 0.1) is 30.0 Å². The van der Waals surface area contributed by atoms with Gasteiger partial charge in [0.1, 0.15) is 0 Å². The zero-order valence-electron chi connectivity index (χ0n) is 25.8. The lowest BCUT2D eigenvalue weighted by atomic mass is 9.41. The smallest absolute Gasteiger partial charge is 0.219 e. The molecule has 0 bridgehead atoms. The summed E-state index contributed by atoms with van der Waals surface area (Å²) in [7, 11) is 0. The molecule has 1 saturated heterocycles. The van der Waals surface area contributed by atoms with Gasteiger partial charge in [-0.15, -0.1) is 0 Å². The molecule has 3 N–H and O–H groups in total. The van der Waals surface area contributed by atoms with Gasteiger partial charge in [0.2, 0.25) is 5.91 Å². The van der Waals surface area contributed by atoms with Crippen molar-refractivity contribution in [2.45, 2.75) is 137 Å². The maximum absolute atomic E-state index is 12.4. The van der Waals surface area contributed by atoms with Crippen LogP contribution < -0.4 is 0 Å². The third-order valence-corrected chi connectivity index (χ3v) is 14.3. The van der Waals surface area contributed by atoms with E-state index in [-0.39, 0.29) is 47.0 Å². The van der Waals surface area contributed by atoms with Crippen LogP contribution in [0.15, 0.2) is 0 Å². The van der Waals surface area contributed by atoms with Crippen LogP contribution in [0, 0.1) is 50.7 Å². The predicted molar refractivity (Wildman–Crippen MR) is 151 cm³/mol. The third kappa shape index (κ3) is 3.56. The minimum atomic E-state index is -0.964. The summed E-state index contributed by atoms with van der Waals surface area (Å²) in [6.45, 7) is 17.6. The molecule has 12 atom stereocenters. The topological polar surface area (TPSA) is 90.2 Å². The molecule has 0 aromatic heterocycles. The van der Waals surface area contributed by atoms with Crippen molar-refractivity contribution in [1.82, 2.24) is 4.90 Å². The van der Waals surface area contributed by atoms with Gasteiger partial charge in [-0.1, -0.05) is 34.6 Å². The summed E-state index contributed by atoms with van der Waals surface area (Å²) in [6, 6.07) is 0. The molecule has 0 aromatic carbocycles. The normalized spacial score (nSPS) is 53.5. The number of hydrogen-bond donors (Lipinski definition) is 3. The molecule has 1 amide bonds. The van der Waals surface area contributed by atoms with E-state index in [1.54, 1.807) is 25.7 Å². The van der Waals surface area contributed by atoms with E-state index in [2.05, 4.69) is 34.6 Å². The molecule has 222 valence electrons. The lowest BCUT2D eigenvalue weighted by Gasteiger charge is -2.63. The molecule has 7 unspecified atom stereocenters. The van der Waals surface area contributed by atoms with E-state index in [0.717, 1.165) is 38.5 Å². The summed E-state index contributed by atoms with van der Waals surface area (Å²) in [4.78, 5) is 14.2. The van der Waals surface area contributed by atoms with Crippen molar-refractivity contribution in [3.8, 4) is 0 Å². The summed E-state index contributed by atoms with van der Waals surface area (Å²) in [5.41, 5.74) is -0.542. The second-order valence-corrected chi connectivity index (χ2v) is 16.9. The van der Waals surface area contributed by atoms with Crippen molar-refractivity contribution in [2.24, 2.45) is 50.7 Å². The van der Waals surface area contributed by atoms with Crippen LogP contribution in [0.25, 0.3) is 0 Å². The number of hydrogen-bond acceptors (Lipinski definition) is 5. The molecule has 6 aliphatic rings. The summed E-state index contributed by atoms with van der Waals surface area (Å²) in [5, 5.41) is 33.7. The largest absolute Gasteiger partial charge is 0.393 e. The van der Waals surface area contributed by atoms with Crippen LogP contribution in [-0.4, -0.2) is 69.2 Å². The second kappa shape index (κ2) is 8.45. The molecule has 39 heavy (non-hydrogen) atoms. The number of nitrogens with zero attached hydrogens (tertiary/aromatic N) is 1. The Kier molecular flexibility index (Phi) is 6.16. The Balaban J connectivity index is 1.29. The summed E-state index contributed by atoms with van der Waals surface area (Å²) >= 11 is 0. The molecular formula is C33H55NO5. The van der Waals surface area contributed by atoms with Crippen LogP contribution in [0.2, 0.25) is 0 Å². The van der Waals surface area contributed by atoms with Crippen LogP contribution in [0.3, 0.4) is 0 Å². The fourth-order valence-corrected chi connectivity index (χ4v) is 12.5. The molecule has 6 heteroatoms. The zero-order valence-corrected chi connectivity index (χ0v) is 25.8. The van der Waals surface area contributed by atoms with E-state index < -0.39 is 11.7 Å². The molecule has 5 saturated carbocycles. The standard InChI is InChI=1S/C33H55NO5/c1-19-15-21(16-34(20(2)35)18-28(3,4)38)39-26-25(19)30(7)13-14-33-17-32(33)12-11-24(36)29(5,6)22(32)9-10-23(33)31(30,8)27(26)37/h19,21-27,36-38H,9-18H2,1-8H3/t19-,21?,22+,23?,24?,25+,26?,27+,30?,31-,32?,33?/m1/s1. The van der Waals surface area contributed by atoms with Gasteiger partial charge in [0.25, 0.3) is 0 Å². The Morgan fingerprint density at radius 3 is 2.28 bits per heavy atom. The first-order valence-electron chi connectivity index (χ1n) is 15.9. The monoisotopic (exact) mass is 545 g/mol. The highest BCUT2D eigenvalue weighted by atomic mass is 16.5. The van der Waals surface area contributed by atoms with Gasteiger partial charge >= 0.3 is 0 Å². The summed E-state index contributed by atoms with van der Waals surface area (Å²) in [6.07, 6.45) is 7.86.